The van der Waals surface area contributed by atoms with Gasteiger partial charge in [-0.05, 0) is 11.6 Å². The van der Waals surface area contributed by atoms with E-state index < -0.39 is 0 Å². The molecule has 0 spiro atoms. The van der Waals surface area contributed by atoms with Crippen LogP contribution in [0.2, 0.25) is 5.15 Å². The van der Waals surface area contributed by atoms with E-state index in [4.69, 9.17) is 11.6 Å². The summed E-state index contributed by atoms with van der Waals surface area (Å²) in [7, 11) is 0. The van der Waals surface area contributed by atoms with Gasteiger partial charge in [0.15, 0.2) is 5.15 Å². The molecule has 0 aliphatic heterocycles. The van der Waals surface area contributed by atoms with Gasteiger partial charge >= 0.3 is 0 Å². The zero-order chi connectivity index (χ0) is 13.2. The fraction of sp³-hybridized carbons (Fsp3) is 0.0714. The first-order chi connectivity index (χ1) is 9.25. The lowest BCUT2D eigenvalue weighted by molar-refractivity contribution is 0.751. The molecule has 19 heavy (non-hydrogen) atoms. The van der Waals surface area contributed by atoms with Crippen molar-refractivity contribution in [2.24, 2.45) is 0 Å². The molecule has 0 amide bonds. The first kappa shape index (κ1) is 11.9. The molecular formula is C14H10ClN3O. The molecule has 0 unspecified atom stereocenters. The van der Waals surface area contributed by atoms with Crippen LogP contribution in [0.25, 0.3) is 10.9 Å². The third kappa shape index (κ3) is 2.22. The first-order valence-electron chi connectivity index (χ1n) is 5.79. The number of pyridine rings is 1. The number of benzene rings is 1. The van der Waals surface area contributed by atoms with Gasteiger partial charge in [-0.3, -0.25) is 9.78 Å². The van der Waals surface area contributed by atoms with Crippen molar-refractivity contribution in [3.8, 4) is 0 Å². The molecule has 1 aromatic carbocycles. The van der Waals surface area contributed by atoms with Crippen LogP contribution in [0.5, 0.6) is 0 Å². The van der Waals surface area contributed by atoms with E-state index in [1.54, 1.807) is 12.4 Å². The minimum Gasteiger partial charge on any atom is -0.307 e. The molecule has 0 saturated heterocycles. The molecule has 2 aromatic heterocycles. The summed E-state index contributed by atoms with van der Waals surface area (Å²) in [6.07, 6.45) is 4.88. The average molecular weight is 272 g/mol. The summed E-state index contributed by atoms with van der Waals surface area (Å²) in [5, 5.41) is 1.03. The molecule has 3 aromatic rings. The van der Waals surface area contributed by atoms with E-state index in [-0.39, 0.29) is 10.7 Å². The second-order valence-electron chi connectivity index (χ2n) is 4.14. The Labute approximate surface area is 114 Å². The summed E-state index contributed by atoms with van der Waals surface area (Å²) in [6, 6.07) is 9.78. The highest BCUT2D eigenvalue weighted by atomic mass is 35.5. The van der Waals surface area contributed by atoms with Gasteiger partial charge < -0.3 is 4.57 Å². The second kappa shape index (κ2) is 4.82. The summed E-state index contributed by atoms with van der Waals surface area (Å²) in [6.45, 7) is 0.426. The minimum atomic E-state index is -0.294. The van der Waals surface area contributed by atoms with Crippen LogP contribution in [0.4, 0.5) is 0 Å². The average Bonchev–Trinajstić information content (AvgIpc) is 2.44. The monoisotopic (exact) mass is 271 g/mol. The van der Waals surface area contributed by atoms with E-state index in [0.29, 0.717) is 6.54 Å². The maximum Gasteiger partial charge on any atom is 0.288 e. The lowest BCUT2D eigenvalue weighted by atomic mass is 10.1. The van der Waals surface area contributed by atoms with E-state index in [2.05, 4.69) is 9.97 Å². The van der Waals surface area contributed by atoms with Crippen molar-refractivity contribution in [3.05, 3.63) is 70.0 Å². The summed E-state index contributed by atoms with van der Waals surface area (Å²) in [4.78, 5) is 20.0. The summed E-state index contributed by atoms with van der Waals surface area (Å²) in [5.41, 5.74) is 1.57. The predicted molar refractivity (Wildman–Crippen MR) is 74.4 cm³/mol. The largest absolute Gasteiger partial charge is 0.307 e. The zero-order valence-electron chi connectivity index (χ0n) is 9.95. The number of para-hydroxylation sites is 1. The van der Waals surface area contributed by atoms with Gasteiger partial charge in [0.1, 0.15) is 0 Å². The number of hydrogen-bond donors (Lipinski definition) is 0. The van der Waals surface area contributed by atoms with Gasteiger partial charge in [0.2, 0.25) is 0 Å². The topological polar surface area (TPSA) is 47.8 Å². The number of hydrogen-bond acceptors (Lipinski definition) is 3. The highest BCUT2D eigenvalue weighted by Crippen LogP contribution is 2.16. The van der Waals surface area contributed by atoms with Gasteiger partial charge in [0.05, 0.1) is 12.1 Å². The van der Waals surface area contributed by atoms with Crippen LogP contribution in [0.15, 0.2) is 53.7 Å². The molecule has 0 radical (unpaired) electrons. The Balaban J connectivity index is 2.11. The van der Waals surface area contributed by atoms with Crippen LogP contribution in [-0.2, 0) is 6.54 Å². The number of halogens is 1. The molecule has 3 rings (SSSR count). The van der Waals surface area contributed by atoms with Gasteiger partial charge in [0, 0.05) is 24.0 Å². The fourth-order valence-electron chi connectivity index (χ4n) is 2.02. The lowest BCUT2D eigenvalue weighted by Crippen LogP contribution is -2.21. The molecule has 94 valence electrons. The van der Waals surface area contributed by atoms with Crippen molar-refractivity contribution >= 4 is 22.5 Å². The molecule has 0 fully saturated rings. The number of nitrogens with zero attached hydrogens (tertiary/aromatic N) is 3. The van der Waals surface area contributed by atoms with E-state index in [9.17, 15) is 4.79 Å². The molecule has 0 saturated carbocycles. The van der Waals surface area contributed by atoms with E-state index in [1.807, 2.05) is 30.3 Å². The van der Waals surface area contributed by atoms with Crippen molar-refractivity contribution in [2.45, 2.75) is 6.54 Å². The van der Waals surface area contributed by atoms with E-state index >= 15 is 0 Å². The normalized spacial score (nSPS) is 10.8. The molecule has 0 aliphatic rings. The van der Waals surface area contributed by atoms with Crippen LogP contribution in [0.1, 0.15) is 5.56 Å². The number of rotatable bonds is 2. The van der Waals surface area contributed by atoms with Gasteiger partial charge in [-0.2, -0.15) is 0 Å². The van der Waals surface area contributed by atoms with Crippen molar-refractivity contribution < 1.29 is 0 Å². The second-order valence-corrected chi connectivity index (χ2v) is 4.50. The Morgan fingerprint density at radius 1 is 1.11 bits per heavy atom. The molecule has 5 heteroatoms. The molecular weight excluding hydrogens is 262 g/mol. The third-order valence-corrected chi connectivity index (χ3v) is 3.19. The van der Waals surface area contributed by atoms with Gasteiger partial charge in [0.25, 0.3) is 5.56 Å². The van der Waals surface area contributed by atoms with Crippen molar-refractivity contribution in [3.63, 3.8) is 0 Å². The maximum atomic E-state index is 11.9. The Morgan fingerprint density at radius 3 is 2.84 bits per heavy atom. The summed E-state index contributed by atoms with van der Waals surface area (Å²) in [5.74, 6) is 0. The maximum absolute atomic E-state index is 11.9. The van der Waals surface area contributed by atoms with Crippen LogP contribution >= 0.6 is 11.6 Å². The van der Waals surface area contributed by atoms with Crippen LogP contribution in [0, 0.1) is 0 Å². The lowest BCUT2D eigenvalue weighted by Gasteiger charge is -2.08. The molecule has 0 bridgehead atoms. The Kier molecular flexibility index (Phi) is 3.01. The van der Waals surface area contributed by atoms with Gasteiger partial charge in [-0.1, -0.05) is 35.9 Å². The number of fused-ring (bicyclic) bond motifs is 1. The smallest absolute Gasteiger partial charge is 0.288 e. The van der Waals surface area contributed by atoms with Gasteiger partial charge in [-0.15, -0.1) is 0 Å². The fourth-order valence-corrected chi connectivity index (χ4v) is 2.19. The predicted octanol–water partition coefficient (Wildman–Crippen LogP) is 2.49. The standard InChI is InChI=1S/C14H10ClN3O/c15-13-14(19)18(8-7-17-13)9-11-4-1-3-10-5-2-6-16-12(10)11/h1-8H,9H2. The Hall–Kier alpha value is -2.20. The van der Waals surface area contributed by atoms with E-state index in [0.717, 1.165) is 16.5 Å². The van der Waals surface area contributed by atoms with Crippen molar-refractivity contribution in [1.82, 2.24) is 14.5 Å². The SMILES string of the molecule is O=c1c(Cl)nccn1Cc1cccc2cccnc12. The van der Waals surface area contributed by atoms with Crippen LogP contribution < -0.4 is 5.56 Å². The quantitative estimate of drug-likeness (QED) is 0.719. The highest BCUT2D eigenvalue weighted by molar-refractivity contribution is 6.29. The van der Waals surface area contributed by atoms with E-state index in [1.165, 1.54) is 10.8 Å². The first-order valence-corrected chi connectivity index (χ1v) is 6.17. The molecule has 2 heterocycles. The molecule has 0 aliphatic carbocycles. The highest BCUT2D eigenvalue weighted by Gasteiger charge is 2.06. The van der Waals surface area contributed by atoms with Gasteiger partial charge in [-0.25, -0.2) is 4.98 Å². The molecule has 0 atom stereocenters. The summed E-state index contributed by atoms with van der Waals surface area (Å²) >= 11 is 5.74. The number of aromatic nitrogens is 3. The third-order valence-electron chi connectivity index (χ3n) is 2.93. The Morgan fingerprint density at radius 2 is 1.95 bits per heavy atom. The minimum absolute atomic E-state index is 0.0179. The Bertz CT molecular complexity index is 793. The van der Waals surface area contributed by atoms with Crippen molar-refractivity contribution in [2.75, 3.05) is 0 Å². The van der Waals surface area contributed by atoms with Crippen molar-refractivity contribution in [1.29, 1.82) is 0 Å². The van der Waals surface area contributed by atoms with Crippen LogP contribution in [-0.4, -0.2) is 14.5 Å². The summed E-state index contributed by atoms with van der Waals surface area (Å²) < 4.78 is 1.53. The van der Waals surface area contributed by atoms with Crippen LogP contribution in [0.3, 0.4) is 0 Å². The zero-order valence-corrected chi connectivity index (χ0v) is 10.7. The molecule has 4 nitrogen and oxygen atoms in total. The molecule has 0 N–H and O–H groups in total.